The summed E-state index contributed by atoms with van der Waals surface area (Å²) in [4.78, 5) is 63.8. The molecule has 0 rings (SSSR count). The molecule has 0 aromatic heterocycles. The zero-order chi connectivity index (χ0) is 26.3. The summed E-state index contributed by atoms with van der Waals surface area (Å²) in [5, 5.41) is 16.3. The smallest absolute Gasteiger partial charge is 0.326 e. The van der Waals surface area contributed by atoms with Gasteiger partial charge in [-0.05, 0) is 45.6 Å². The lowest BCUT2D eigenvalue weighted by atomic mass is 10.1. The number of carbonyl (C=O) groups is 5. The van der Waals surface area contributed by atoms with Crippen LogP contribution in [-0.2, 0) is 24.0 Å². The molecule has 4 unspecified atom stereocenters. The molecule has 14 N–H and O–H groups in total. The van der Waals surface area contributed by atoms with Crippen LogP contribution in [0.1, 0.15) is 45.4 Å². The molecule has 0 saturated carbocycles. The maximum Gasteiger partial charge on any atom is 0.326 e. The largest absolute Gasteiger partial charge is 0.480 e. The maximum atomic E-state index is 12.6. The second kappa shape index (κ2) is 16.2. The van der Waals surface area contributed by atoms with Crippen LogP contribution in [0.3, 0.4) is 0 Å². The highest BCUT2D eigenvalue weighted by Gasteiger charge is 2.29. The Morgan fingerprint density at radius 1 is 0.853 bits per heavy atom. The van der Waals surface area contributed by atoms with Crippen LogP contribution in [0.15, 0.2) is 4.99 Å². The molecule has 0 aliphatic heterocycles. The molecule has 194 valence electrons. The van der Waals surface area contributed by atoms with E-state index in [2.05, 4.69) is 20.9 Å². The predicted octanol–water partition coefficient (Wildman–Crippen LogP) is -4.07. The van der Waals surface area contributed by atoms with Gasteiger partial charge in [-0.2, -0.15) is 0 Å². The lowest BCUT2D eigenvalue weighted by Crippen LogP contribution is -2.57. The number of aliphatic carboxylic acids is 1. The van der Waals surface area contributed by atoms with Crippen molar-refractivity contribution in [1.82, 2.24) is 16.0 Å². The number of rotatable bonds is 17. The summed E-state index contributed by atoms with van der Waals surface area (Å²) in [6.07, 6.45) is 1.31. The van der Waals surface area contributed by atoms with Crippen LogP contribution in [-0.4, -0.2) is 77.9 Å². The van der Waals surface area contributed by atoms with Crippen molar-refractivity contribution in [2.75, 3.05) is 13.1 Å². The van der Waals surface area contributed by atoms with E-state index in [0.717, 1.165) is 0 Å². The Bertz CT molecular complexity index is 742. The van der Waals surface area contributed by atoms with Crippen molar-refractivity contribution < 1.29 is 29.1 Å². The Morgan fingerprint density at radius 2 is 1.47 bits per heavy atom. The van der Waals surface area contributed by atoms with Gasteiger partial charge in [-0.3, -0.25) is 24.2 Å². The molecule has 0 aliphatic carbocycles. The number of hydrogen-bond donors (Lipinski definition) is 9. The van der Waals surface area contributed by atoms with Crippen molar-refractivity contribution in [3.63, 3.8) is 0 Å². The topological polar surface area (TPSA) is 284 Å². The number of primary amides is 1. The van der Waals surface area contributed by atoms with Crippen molar-refractivity contribution in [3.05, 3.63) is 0 Å². The third-order valence-electron chi connectivity index (χ3n) is 4.66. The number of aliphatic imine (C=N–C) groups is 1. The van der Waals surface area contributed by atoms with Gasteiger partial charge >= 0.3 is 5.97 Å². The lowest BCUT2D eigenvalue weighted by Gasteiger charge is -2.23. The maximum absolute atomic E-state index is 12.6. The molecular formula is C19H37N9O6. The summed E-state index contributed by atoms with van der Waals surface area (Å²) in [5.41, 5.74) is 26.8. The Morgan fingerprint density at radius 3 is 2.00 bits per heavy atom. The SMILES string of the molecule is CC(NC(=O)C(CC(N)=O)NC(=O)C(N)CCCN=C(N)N)C(=O)NC(CCCCN)C(=O)O. The number of nitrogens with one attached hydrogen (secondary N) is 3. The zero-order valence-electron chi connectivity index (χ0n) is 19.3. The van der Waals surface area contributed by atoms with Gasteiger partial charge in [-0.25, -0.2) is 4.79 Å². The Balaban J connectivity index is 4.97. The first-order valence-corrected chi connectivity index (χ1v) is 10.8. The minimum Gasteiger partial charge on any atom is -0.480 e. The molecule has 0 fully saturated rings. The van der Waals surface area contributed by atoms with Crippen molar-refractivity contribution >= 4 is 35.6 Å². The number of nitrogens with zero attached hydrogens (tertiary/aromatic N) is 1. The molecule has 0 spiro atoms. The normalized spacial score (nSPS) is 14.1. The molecule has 4 amide bonds. The highest BCUT2D eigenvalue weighted by molar-refractivity contribution is 5.96. The summed E-state index contributed by atoms with van der Waals surface area (Å²) >= 11 is 0. The molecule has 4 atom stereocenters. The average Bonchev–Trinajstić information content (AvgIpc) is 2.74. The number of amides is 4. The van der Waals surface area contributed by atoms with Crippen LogP contribution in [0.25, 0.3) is 0 Å². The fourth-order valence-electron chi connectivity index (χ4n) is 2.77. The first kappa shape index (κ1) is 30.5. The monoisotopic (exact) mass is 487 g/mol. The molecule has 34 heavy (non-hydrogen) atoms. The predicted molar refractivity (Wildman–Crippen MR) is 124 cm³/mol. The van der Waals surface area contributed by atoms with Gasteiger partial charge in [0.2, 0.25) is 23.6 Å². The summed E-state index contributed by atoms with van der Waals surface area (Å²) in [7, 11) is 0. The highest BCUT2D eigenvalue weighted by Crippen LogP contribution is 2.03. The van der Waals surface area contributed by atoms with E-state index >= 15 is 0 Å². The molecule has 0 heterocycles. The second-order valence-electron chi connectivity index (χ2n) is 7.70. The number of unbranched alkanes of at least 4 members (excludes halogenated alkanes) is 1. The van der Waals surface area contributed by atoms with Gasteiger partial charge in [0.25, 0.3) is 0 Å². The standard InChI is InChI=1S/C19H37N9O6/c1-10(15(30)27-12(18(33)34)6-2-3-7-20)26-17(32)13(9-14(22)29)28-16(31)11(21)5-4-8-25-19(23)24/h10-13H,2-9,20-21H2,1H3,(H2,22,29)(H,26,32)(H,27,30)(H,28,31)(H,33,34)(H4,23,24,25). The fourth-order valence-corrected chi connectivity index (χ4v) is 2.77. The van der Waals surface area contributed by atoms with E-state index in [4.69, 9.17) is 28.7 Å². The van der Waals surface area contributed by atoms with E-state index in [1.54, 1.807) is 0 Å². The summed E-state index contributed by atoms with van der Waals surface area (Å²) in [5.74, 6) is -4.53. The molecule has 0 radical (unpaired) electrons. The third-order valence-corrected chi connectivity index (χ3v) is 4.66. The Hall–Kier alpha value is -3.46. The highest BCUT2D eigenvalue weighted by atomic mass is 16.4. The second-order valence-corrected chi connectivity index (χ2v) is 7.70. The van der Waals surface area contributed by atoms with Gasteiger partial charge in [-0.15, -0.1) is 0 Å². The fraction of sp³-hybridized carbons (Fsp3) is 0.684. The van der Waals surface area contributed by atoms with E-state index in [9.17, 15) is 29.1 Å². The van der Waals surface area contributed by atoms with E-state index in [1.165, 1.54) is 6.92 Å². The summed E-state index contributed by atoms with van der Waals surface area (Å²) < 4.78 is 0. The number of nitrogens with two attached hydrogens (primary N) is 5. The zero-order valence-corrected chi connectivity index (χ0v) is 19.3. The average molecular weight is 488 g/mol. The minimum atomic E-state index is -1.39. The van der Waals surface area contributed by atoms with Crippen molar-refractivity contribution in [3.8, 4) is 0 Å². The van der Waals surface area contributed by atoms with Crippen LogP contribution in [0, 0.1) is 0 Å². The van der Waals surface area contributed by atoms with Crippen molar-refractivity contribution in [1.29, 1.82) is 0 Å². The molecule has 0 aromatic carbocycles. The van der Waals surface area contributed by atoms with Crippen LogP contribution < -0.4 is 44.6 Å². The van der Waals surface area contributed by atoms with Crippen LogP contribution in [0.4, 0.5) is 0 Å². The van der Waals surface area contributed by atoms with Crippen molar-refractivity contribution in [2.45, 2.75) is 69.6 Å². The van der Waals surface area contributed by atoms with Crippen LogP contribution >= 0.6 is 0 Å². The first-order chi connectivity index (χ1) is 15.9. The van der Waals surface area contributed by atoms with E-state index in [0.29, 0.717) is 25.8 Å². The number of carbonyl (C=O) groups excluding carboxylic acids is 4. The molecule has 0 bridgehead atoms. The van der Waals surface area contributed by atoms with Gasteiger partial charge in [0.15, 0.2) is 5.96 Å². The van der Waals surface area contributed by atoms with Gasteiger partial charge < -0.3 is 49.7 Å². The summed E-state index contributed by atoms with van der Waals surface area (Å²) in [6, 6.07) is -4.72. The number of carboxylic acid groups (broad SMARTS) is 1. The third kappa shape index (κ3) is 13.2. The minimum absolute atomic E-state index is 0.0976. The van der Waals surface area contributed by atoms with Gasteiger partial charge in [0.05, 0.1) is 12.5 Å². The molecular weight excluding hydrogens is 450 g/mol. The van der Waals surface area contributed by atoms with Gasteiger partial charge in [-0.1, -0.05) is 0 Å². The van der Waals surface area contributed by atoms with E-state index < -0.39 is 60.2 Å². The quantitative estimate of drug-likeness (QED) is 0.0543. The van der Waals surface area contributed by atoms with E-state index in [1.807, 2.05) is 0 Å². The van der Waals surface area contributed by atoms with Gasteiger partial charge in [0, 0.05) is 6.54 Å². The van der Waals surface area contributed by atoms with Crippen LogP contribution in [0.5, 0.6) is 0 Å². The Labute approximate surface area is 197 Å². The Kier molecular flexibility index (Phi) is 14.6. The van der Waals surface area contributed by atoms with Crippen molar-refractivity contribution in [2.24, 2.45) is 33.7 Å². The molecule has 0 aliphatic rings. The lowest BCUT2D eigenvalue weighted by molar-refractivity contribution is -0.142. The van der Waals surface area contributed by atoms with Crippen LogP contribution in [0.2, 0.25) is 0 Å². The van der Waals surface area contributed by atoms with Gasteiger partial charge in [0.1, 0.15) is 18.1 Å². The first-order valence-electron chi connectivity index (χ1n) is 10.8. The number of carboxylic acids is 1. The number of guanidine groups is 1. The van der Waals surface area contributed by atoms with E-state index in [-0.39, 0.29) is 25.3 Å². The summed E-state index contributed by atoms with van der Waals surface area (Å²) in [6.45, 7) is 1.97. The molecule has 15 nitrogen and oxygen atoms in total. The number of hydrogen-bond acceptors (Lipinski definition) is 8. The molecule has 15 heteroatoms. The molecule has 0 saturated heterocycles. The molecule has 0 aromatic rings.